The molecule has 0 saturated heterocycles. The molecule has 0 aromatic carbocycles. The fourth-order valence-corrected chi connectivity index (χ4v) is 0.896. The second kappa shape index (κ2) is 4.57. The molecule has 0 amide bonds. The summed E-state index contributed by atoms with van der Waals surface area (Å²) in [6.07, 6.45) is 5.52. The third kappa shape index (κ3) is 3.31. The molecule has 0 saturated carbocycles. The molecule has 1 atom stereocenters. The molecule has 54 valence electrons. The van der Waals surface area contributed by atoms with Gasteiger partial charge in [-0.15, -0.1) is 0 Å². The zero-order chi connectivity index (χ0) is 7.28. The van der Waals surface area contributed by atoms with Crippen LogP contribution in [0.3, 0.4) is 0 Å². The molecule has 9 heavy (non-hydrogen) atoms. The van der Waals surface area contributed by atoms with Crippen LogP contribution in [0.4, 0.5) is 0 Å². The molecule has 0 bridgehead atoms. The zero-order valence-corrected chi connectivity index (χ0v) is 6.89. The molecule has 1 heteroatoms. The van der Waals surface area contributed by atoms with Gasteiger partial charge in [-0.05, 0) is 27.4 Å². The summed E-state index contributed by atoms with van der Waals surface area (Å²) in [4.78, 5) is 2.22. The standard InChI is InChI=1S/C8H17N/c1-5-7-8(6-2)9(3)4/h5,7-8H,6H2,1-4H3/b7-5-. The fraction of sp³-hybridized carbons (Fsp3) is 0.750. The third-order valence-electron chi connectivity index (χ3n) is 1.50. The predicted molar refractivity (Wildman–Crippen MR) is 42.6 cm³/mol. The van der Waals surface area contributed by atoms with Gasteiger partial charge in [0.15, 0.2) is 0 Å². The van der Waals surface area contributed by atoms with E-state index in [1.807, 2.05) is 0 Å². The molecule has 0 N–H and O–H groups in total. The molecule has 1 unspecified atom stereocenters. The first-order valence-corrected chi connectivity index (χ1v) is 3.51. The van der Waals surface area contributed by atoms with Gasteiger partial charge in [0, 0.05) is 6.04 Å². The molecule has 0 aliphatic carbocycles. The third-order valence-corrected chi connectivity index (χ3v) is 1.50. The van der Waals surface area contributed by atoms with Crippen molar-refractivity contribution in [2.24, 2.45) is 0 Å². The van der Waals surface area contributed by atoms with E-state index in [-0.39, 0.29) is 0 Å². The quantitative estimate of drug-likeness (QED) is 0.523. The number of rotatable bonds is 3. The first kappa shape index (κ1) is 8.70. The van der Waals surface area contributed by atoms with Crippen LogP contribution in [0, 0.1) is 0 Å². The topological polar surface area (TPSA) is 3.24 Å². The van der Waals surface area contributed by atoms with Gasteiger partial charge in [0.05, 0.1) is 0 Å². The van der Waals surface area contributed by atoms with Crippen molar-refractivity contribution in [3.05, 3.63) is 12.2 Å². The van der Waals surface area contributed by atoms with Gasteiger partial charge in [-0.25, -0.2) is 0 Å². The Hall–Kier alpha value is -0.300. The number of hydrogen-bond acceptors (Lipinski definition) is 1. The Labute approximate surface area is 58.4 Å². The van der Waals surface area contributed by atoms with E-state index in [1.54, 1.807) is 0 Å². The summed E-state index contributed by atoms with van der Waals surface area (Å²) in [6.45, 7) is 4.26. The lowest BCUT2D eigenvalue weighted by atomic mass is 10.2. The highest BCUT2D eigenvalue weighted by Gasteiger charge is 2.01. The van der Waals surface area contributed by atoms with Gasteiger partial charge < -0.3 is 4.90 Å². The molecule has 0 spiro atoms. The number of likely N-dealkylation sites (N-methyl/N-ethyl adjacent to an activating group) is 1. The van der Waals surface area contributed by atoms with E-state index in [2.05, 4.69) is 45.0 Å². The van der Waals surface area contributed by atoms with Crippen LogP contribution < -0.4 is 0 Å². The summed E-state index contributed by atoms with van der Waals surface area (Å²) in [5.41, 5.74) is 0. The molecule has 0 aromatic rings. The van der Waals surface area contributed by atoms with E-state index in [0.29, 0.717) is 6.04 Å². The molecular formula is C8H17N. The van der Waals surface area contributed by atoms with Crippen LogP contribution in [0.1, 0.15) is 20.3 Å². The molecular weight excluding hydrogens is 110 g/mol. The molecule has 1 nitrogen and oxygen atoms in total. The highest BCUT2D eigenvalue weighted by Crippen LogP contribution is 1.99. The van der Waals surface area contributed by atoms with E-state index >= 15 is 0 Å². The minimum atomic E-state index is 0.620. The SMILES string of the molecule is C/C=C\C(CC)N(C)C. The summed E-state index contributed by atoms with van der Waals surface area (Å²) in [6, 6.07) is 0.620. The monoisotopic (exact) mass is 127 g/mol. The minimum absolute atomic E-state index is 0.620. The van der Waals surface area contributed by atoms with Gasteiger partial charge in [0.2, 0.25) is 0 Å². The van der Waals surface area contributed by atoms with E-state index < -0.39 is 0 Å². The Kier molecular flexibility index (Phi) is 4.41. The van der Waals surface area contributed by atoms with E-state index in [1.165, 1.54) is 6.42 Å². The van der Waals surface area contributed by atoms with Crippen molar-refractivity contribution < 1.29 is 0 Å². The van der Waals surface area contributed by atoms with Crippen molar-refractivity contribution in [3.63, 3.8) is 0 Å². The smallest absolute Gasteiger partial charge is 0.0269 e. The second-order valence-corrected chi connectivity index (χ2v) is 2.46. The predicted octanol–water partition coefficient (Wildman–Crippen LogP) is 1.90. The summed E-state index contributed by atoms with van der Waals surface area (Å²) >= 11 is 0. The van der Waals surface area contributed by atoms with Gasteiger partial charge >= 0.3 is 0 Å². The maximum atomic E-state index is 2.22. The summed E-state index contributed by atoms with van der Waals surface area (Å²) in [5.74, 6) is 0. The Bertz CT molecular complexity index is 84.6. The van der Waals surface area contributed by atoms with E-state index in [4.69, 9.17) is 0 Å². The van der Waals surface area contributed by atoms with Crippen LogP contribution in [-0.4, -0.2) is 25.0 Å². The number of hydrogen-bond donors (Lipinski definition) is 0. The average molecular weight is 127 g/mol. The number of nitrogens with zero attached hydrogens (tertiary/aromatic N) is 1. The van der Waals surface area contributed by atoms with Gasteiger partial charge in [-0.2, -0.15) is 0 Å². The molecule has 0 aliphatic rings. The van der Waals surface area contributed by atoms with Crippen molar-refractivity contribution >= 4 is 0 Å². The van der Waals surface area contributed by atoms with Crippen LogP contribution in [0.25, 0.3) is 0 Å². The van der Waals surface area contributed by atoms with Crippen LogP contribution >= 0.6 is 0 Å². The Morgan fingerprint density at radius 1 is 1.44 bits per heavy atom. The van der Waals surface area contributed by atoms with Crippen LogP contribution in [0.15, 0.2) is 12.2 Å². The number of allylic oxidation sites excluding steroid dienone is 1. The normalized spacial score (nSPS) is 15.2. The highest BCUT2D eigenvalue weighted by atomic mass is 15.1. The van der Waals surface area contributed by atoms with Gasteiger partial charge in [-0.3, -0.25) is 0 Å². The van der Waals surface area contributed by atoms with Crippen molar-refractivity contribution in [1.82, 2.24) is 4.90 Å². The summed E-state index contributed by atoms with van der Waals surface area (Å²) in [5, 5.41) is 0. The Balaban J connectivity index is 3.68. The molecule has 0 fully saturated rings. The van der Waals surface area contributed by atoms with Crippen molar-refractivity contribution in [3.8, 4) is 0 Å². The van der Waals surface area contributed by atoms with Gasteiger partial charge in [0.1, 0.15) is 0 Å². The molecule has 0 aromatic heterocycles. The largest absolute Gasteiger partial charge is 0.303 e. The summed E-state index contributed by atoms with van der Waals surface area (Å²) < 4.78 is 0. The first-order chi connectivity index (χ1) is 4.22. The van der Waals surface area contributed by atoms with Crippen molar-refractivity contribution in [2.45, 2.75) is 26.3 Å². The fourth-order valence-electron chi connectivity index (χ4n) is 0.896. The second-order valence-electron chi connectivity index (χ2n) is 2.46. The molecule has 0 rings (SSSR count). The summed E-state index contributed by atoms with van der Waals surface area (Å²) in [7, 11) is 4.21. The van der Waals surface area contributed by atoms with Gasteiger partial charge in [-0.1, -0.05) is 19.1 Å². The maximum absolute atomic E-state index is 2.22. The minimum Gasteiger partial charge on any atom is -0.303 e. The molecule has 0 aliphatic heterocycles. The van der Waals surface area contributed by atoms with Crippen molar-refractivity contribution in [2.75, 3.05) is 14.1 Å². The van der Waals surface area contributed by atoms with Crippen LogP contribution in [-0.2, 0) is 0 Å². The Morgan fingerprint density at radius 2 is 2.00 bits per heavy atom. The highest BCUT2D eigenvalue weighted by molar-refractivity contribution is 4.89. The first-order valence-electron chi connectivity index (χ1n) is 3.51. The Morgan fingerprint density at radius 3 is 2.11 bits per heavy atom. The molecule has 0 radical (unpaired) electrons. The van der Waals surface area contributed by atoms with E-state index in [0.717, 1.165) is 0 Å². The van der Waals surface area contributed by atoms with E-state index in [9.17, 15) is 0 Å². The van der Waals surface area contributed by atoms with Crippen LogP contribution in [0.2, 0.25) is 0 Å². The van der Waals surface area contributed by atoms with Crippen molar-refractivity contribution in [1.29, 1.82) is 0 Å². The lowest BCUT2D eigenvalue weighted by Crippen LogP contribution is -2.24. The lowest BCUT2D eigenvalue weighted by molar-refractivity contribution is 0.336. The average Bonchev–Trinajstić information content (AvgIpc) is 1.82. The zero-order valence-electron chi connectivity index (χ0n) is 6.89. The van der Waals surface area contributed by atoms with Gasteiger partial charge in [0.25, 0.3) is 0 Å². The molecule has 0 heterocycles. The maximum Gasteiger partial charge on any atom is 0.0269 e. The lowest BCUT2D eigenvalue weighted by Gasteiger charge is -2.18. The van der Waals surface area contributed by atoms with Crippen LogP contribution in [0.5, 0.6) is 0 Å².